The van der Waals surface area contributed by atoms with E-state index in [9.17, 15) is 9.59 Å². The van der Waals surface area contributed by atoms with Crippen molar-refractivity contribution in [1.82, 2.24) is 19.9 Å². The third kappa shape index (κ3) is 4.55. The number of aromatic nitrogens is 4. The fourth-order valence-electron chi connectivity index (χ4n) is 4.77. The Labute approximate surface area is 221 Å². The summed E-state index contributed by atoms with van der Waals surface area (Å²) in [6.45, 7) is 8.47. The molecule has 0 aliphatic heterocycles. The first-order chi connectivity index (χ1) is 17.8. The molecular weight excluding hydrogens is 528 g/mol. The quantitative estimate of drug-likeness (QED) is 0.222. The minimum atomic E-state index is -0.0941. The zero-order valence-electron chi connectivity index (χ0n) is 21.1. The van der Waals surface area contributed by atoms with Crippen LogP contribution in [-0.2, 0) is 0 Å². The second kappa shape index (κ2) is 9.90. The Morgan fingerprint density at radius 3 is 1.68 bits per heavy atom. The van der Waals surface area contributed by atoms with Crippen LogP contribution in [0.3, 0.4) is 0 Å². The lowest BCUT2D eigenvalue weighted by atomic mass is 9.99. The van der Waals surface area contributed by atoms with E-state index in [1.165, 1.54) is 0 Å². The summed E-state index contributed by atoms with van der Waals surface area (Å²) in [5.41, 5.74) is 3.42. The maximum absolute atomic E-state index is 12.1. The second-order valence-electron chi connectivity index (χ2n) is 9.67. The number of rotatable bonds is 2. The van der Waals surface area contributed by atoms with Crippen molar-refractivity contribution in [1.29, 1.82) is 0 Å². The van der Waals surface area contributed by atoms with Crippen molar-refractivity contribution in [3.63, 3.8) is 0 Å². The van der Waals surface area contributed by atoms with Gasteiger partial charge in [-0.1, -0.05) is 74.0 Å². The Kier molecular flexibility index (Phi) is 6.65. The van der Waals surface area contributed by atoms with Crippen LogP contribution in [-0.4, -0.2) is 19.9 Å². The average Bonchev–Trinajstić information content (AvgIpc) is 2.87. The first-order valence-corrected chi connectivity index (χ1v) is 13.1. The third-order valence-electron chi connectivity index (χ3n) is 6.45. The lowest BCUT2D eigenvalue weighted by molar-refractivity contribution is 0.840. The highest BCUT2D eigenvalue weighted by molar-refractivity contribution is 9.10. The topological polar surface area (TPSA) is 91.5 Å². The first kappa shape index (κ1) is 24.8. The first-order valence-electron chi connectivity index (χ1n) is 12.3. The van der Waals surface area contributed by atoms with Gasteiger partial charge in [-0.25, -0.2) is 0 Å². The summed E-state index contributed by atoms with van der Waals surface area (Å²) in [5.74, 6) is 0.644. The summed E-state index contributed by atoms with van der Waals surface area (Å²) in [4.78, 5) is 38.8. The molecule has 4 heterocycles. The van der Waals surface area contributed by atoms with Gasteiger partial charge in [-0.3, -0.25) is 19.6 Å². The van der Waals surface area contributed by atoms with E-state index in [2.05, 4.69) is 63.6 Å². The summed E-state index contributed by atoms with van der Waals surface area (Å²) in [6.07, 6.45) is 3.29. The second-order valence-corrected chi connectivity index (χ2v) is 10.6. The molecule has 0 radical (unpaired) electrons. The van der Waals surface area contributed by atoms with Crippen molar-refractivity contribution in [2.24, 2.45) is 0 Å². The molecule has 2 aromatic carbocycles. The molecule has 0 unspecified atom stereocenters. The maximum atomic E-state index is 12.1. The van der Waals surface area contributed by atoms with Crippen LogP contribution in [0.4, 0.5) is 0 Å². The van der Waals surface area contributed by atoms with Gasteiger partial charge >= 0.3 is 0 Å². The zero-order chi connectivity index (χ0) is 26.3. The maximum Gasteiger partial charge on any atom is 0.258 e. The van der Waals surface area contributed by atoms with Crippen molar-refractivity contribution >= 4 is 59.3 Å². The third-order valence-corrected chi connectivity index (χ3v) is 6.95. The SMILES string of the molecule is CC(C)c1nc2cc[nH]c(=O)c2c2cc(Br)ccc12.CC(C)c1nc2cc[nH]c(=O)c2c2ccccc12. The van der Waals surface area contributed by atoms with Crippen molar-refractivity contribution in [3.8, 4) is 0 Å². The largest absolute Gasteiger partial charge is 0.328 e. The lowest BCUT2D eigenvalue weighted by Crippen LogP contribution is -2.08. The molecule has 0 aliphatic rings. The molecule has 0 bridgehead atoms. The summed E-state index contributed by atoms with van der Waals surface area (Å²) < 4.78 is 0.963. The van der Waals surface area contributed by atoms with Gasteiger partial charge in [-0.15, -0.1) is 0 Å². The zero-order valence-corrected chi connectivity index (χ0v) is 22.7. The number of halogens is 1. The molecule has 6 nitrogen and oxygen atoms in total. The molecule has 0 spiro atoms. The Bertz CT molecular complexity index is 1900. The number of nitrogens with one attached hydrogen (secondary N) is 2. The van der Waals surface area contributed by atoms with Crippen LogP contribution in [0.25, 0.3) is 43.4 Å². The molecule has 0 amide bonds. The molecule has 4 aromatic heterocycles. The number of benzene rings is 2. The highest BCUT2D eigenvalue weighted by Crippen LogP contribution is 2.30. The van der Waals surface area contributed by atoms with E-state index < -0.39 is 0 Å². The Balaban J connectivity index is 0.000000152. The van der Waals surface area contributed by atoms with E-state index in [1.54, 1.807) is 12.4 Å². The van der Waals surface area contributed by atoms with Gasteiger partial charge in [0, 0.05) is 27.6 Å². The summed E-state index contributed by atoms with van der Waals surface area (Å²) >= 11 is 3.47. The van der Waals surface area contributed by atoms with Gasteiger partial charge in [0.05, 0.1) is 33.2 Å². The number of nitrogens with zero attached hydrogens (tertiary/aromatic N) is 2. The minimum absolute atomic E-state index is 0.0773. The van der Waals surface area contributed by atoms with Crippen LogP contribution < -0.4 is 11.1 Å². The summed E-state index contributed by atoms with van der Waals surface area (Å²) in [7, 11) is 0. The van der Waals surface area contributed by atoms with E-state index in [1.807, 2.05) is 54.6 Å². The molecule has 0 saturated heterocycles. The molecule has 0 aliphatic carbocycles. The molecule has 6 aromatic rings. The highest BCUT2D eigenvalue weighted by atomic mass is 79.9. The molecule has 7 heteroatoms. The van der Waals surface area contributed by atoms with Gasteiger partial charge in [0.15, 0.2) is 0 Å². The van der Waals surface area contributed by atoms with Crippen LogP contribution in [0.1, 0.15) is 50.9 Å². The fraction of sp³-hybridized carbons (Fsp3) is 0.200. The van der Waals surface area contributed by atoms with Crippen molar-refractivity contribution in [2.45, 2.75) is 39.5 Å². The van der Waals surface area contributed by atoms with E-state index in [-0.39, 0.29) is 11.1 Å². The highest BCUT2D eigenvalue weighted by Gasteiger charge is 2.14. The van der Waals surface area contributed by atoms with Gasteiger partial charge in [0.1, 0.15) is 0 Å². The predicted octanol–water partition coefficient (Wildman–Crippen LogP) is 7.16. The van der Waals surface area contributed by atoms with Gasteiger partial charge in [-0.05, 0) is 46.9 Å². The lowest BCUT2D eigenvalue weighted by Gasteiger charge is -2.11. The minimum Gasteiger partial charge on any atom is -0.328 e. The standard InChI is InChI=1S/C15H13BrN2O.C15H14N2O/c1-8(2)14-10-4-3-9(16)7-11(10)13-12(18-14)5-6-17-15(13)19;1-9(2)14-11-6-4-3-5-10(11)13-12(17-14)7-8-16-15(13)18/h3-8H,1-2H3,(H,17,19);3-9H,1-2H3,(H,16,18). The van der Waals surface area contributed by atoms with Crippen LogP contribution in [0.2, 0.25) is 0 Å². The molecule has 186 valence electrons. The number of pyridine rings is 4. The molecule has 6 rings (SSSR count). The number of hydrogen-bond donors (Lipinski definition) is 2. The van der Waals surface area contributed by atoms with Gasteiger partial charge < -0.3 is 9.97 Å². The van der Waals surface area contributed by atoms with Crippen LogP contribution >= 0.6 is 15.9 Å². The predicted molar refractivity (Wildman–Crippen MR) is 156 cm³/mol. The average molecular weight is 555 g/mol. The smallest absolute Gasteiger partial charge is 0.258 e. The molecular formula is C30H27BrN4O2. The van der Waals surface area contributed by atoms with Crippen LogP contribution in [0, 0.1) is 0 Å². The van der Waals surface area contributed by atoms with Crippen LogP contribution in [0.5, 0.6) is 0 Å². The molecule has 37 heavy (non-hydrogen) atoms. The monoisotopic (exact) mass is 554 g/mol. The van der Waals surface area contributed by atoms with Gasteiger partial charge in [0.25, 0.3) is 11.1 Å². The van der Waals surface area contributed by atoms with Crippen LogP contribution in [0.15, 0.2) is 81.1 Å². The van der Waals surface area contributed by atoms with E-state index in [0.717, 1.165) is 48.4 Å². The Morgan fingerprint density at radius 1 is 0.649 bits per heavy atom. The van der Waals surface area contributed by atoms with E-state index >= 15 is 0 Å². The summed E-state index contributed by atoms with van der Waals surface area (Å²) in [6, 6.07) is 17.7. The number of fused-ring (bicyclic) bond motifs is 6. The normalized spacial score (nSPS) is 11.5. The number of hydrogen-bond acceptors (Lipinski definition) is 4. The molecule has 0 saturated carbocycles. The number of aromatic amines is 2. The Morgan fingerprint density at radius 2 is 1.14 bits per heavy atom. The van der Waals surface area contributed by atoms with E-state index in [4.69, 9.17) is 0 Å². The van der Waals surface area contributed by atoms with Gasteiger partial charge in [-0.2, -0.15) is 0 Å². The van der Waals surface area contributed by atoms with Crippen molar-refractivity contribution in [3.05, 3.63) is 104 Å². The number of H-pyrrole nitrogens is 2. The van der Waals surface area contributed by atoms with Gasteiger partial charge in [0.2, 0.25) is 0 Å². The van der Waals surface area contributed by atoms with E-state index in [0.29, 0.717) is 22.6 Å². The Hall–Kier alpha value is -3.84. The fourth-order valence-corrected chi connectivity index (χ4v) is 5.14. The summed E-state index contributed by atoms with van der Waals surface area (Å²) in [5, 5.41) is 5.37. The molecule has 0 atom stereocenters. The molecule has 0 fully saturated rings. The van der Waals surface area contributed by atoms with Crippen molar-refractivity contribution < 1.29 is 0 Å². The molecule has 2 N–H and O–H groups in total. The van der Waals surface area contributed by atoms with Crippen molar-refractivity contribution in [2.75, 3.05) is 0 Å².